The monoisotopic (exact) mass is 730 g/mol. The topological polar surface area (TPSA) is 42.4 Å². The van der Waals surface area contributed by atoms with E-state index >= 15 is 0 Å². The minimum absolute atomic E-state index is 0.540. The van der Waals surface area contributed by atoms with Crippen LogP contribution in [0.15, 0.2) is 215 Å². The van der Waals surface area contributed by atoms with Crippen molar-refractivity contribution in [3.05, 3.63) is 206 Å². The number of rotatable bonds is 7. The Morgan fingerprint density at radius 3 is 1.42 bits per heavy atom. The summed E-state index contributed by atoms with van der Waals surface area (Å²) in [7, 11) is 0. The largest absolute Gasteiger partial charge is 0.456 e. The molecule has 2 aromatic heterocycles. The van der Waals surface area contributed by atoms with Crippen LogP contribution in [0.5, 0.6) is 0 Å². The predicted molar refractivity (Wildman–Crippen MR) is 235 cm³/mol. The molecule has 11 aromatic rings. The highest BCUT2D eigenvalue weighted by Crippen LogP contribution is 2.46. The van der Waals surface area contributed by atoms with Crippen LogP contribution in [0.25, 0.3) is 88.6 Å². The van der Waals surface area contributed by atoms with Gasteiger partial charge in [0.2, 0.25) is 5.89 Å². The summed E-state index contributed by atoms with van der Waals surface area (Å²) in [5.74, 6) is 0.540. The van der Waals surface area contributed by atoms with E-state index in [1.54, 1.807) is 0 Å². The van der Waals surface area contributed by atoms with Gasteiger partial charge < -0.3 is 13.7 Å². The maximum Gasteiger partial charge on any atom is 0.227 e. The van der Waals surface area contributed by atoms with Crippen LogP contribution in [0.2, 0.25) is 0 Å². The molecule has 0 aliphatic heterocycles. The molecule has 0 bridgehead atoms. The molecule has 0 aliphatic carbocycles. The lowest BCUT2D eigenvalue weighted by molar-refractivity contribution is 0.619. The minimum Gasteiger partial charge on any atom is -0.456 e. The first-order chi connectivity index (χ1) is 28.2. The fraction of sp³-hybridized carbons (Fsp3) is 0. The second-order valence-corrected chi connectivity index (χ2v) is 14.4. The minimum atomic E-state index is 0.540. The maximum atomic E-state index is 6.76. The number of benzene rings is 9. The van der Waals surface area contributed by atoms with Gasteiger partial charge in [0.15, 0.2) is 5.58 Å². The molecule has 0 aliphatic rings. The highest BCUT2D eigenvalue weighted by atomic mass is 16.3. The number of oxazole rings is 1. The van der Waals surface area contributed by atoms with Crippen molar-refractivity contribution in [3.63, 3.8) is 0 Å². The van der Waals surface area contributed by atoms with Crippen LogP contribution in [0.3, 0.4) is 0 Å². The van der Waals surface area contributed by atoms with Gasteiger partial charge >= 0.3 is 0 Å². The third-order valence-electron chi connectivity index (χ3n) is 10.9. The van der Waals surface area contributed by atoms with Gasteiger partial charge in [0, 0.05) is 22.3 Å². The van der Waals surface area contributed by atoms with E-state index in [1.807, 2.05) is 30.3 Å². The fourth-order valence-electron chi connectivity index (χ4n) is 8.01. The number of hydrogen-bond donors (Lipinski definition) is 0. The first-order valence-electron chi connectivity index (χ1n) is 19.2. The van der Waals surface area contributed by atoms with E-state index in [0.717, 1.165) is 83.1 Å². The highest BCUT2D eigenvalue weighted by Gasteiger charge is 2.23. The molecule has 0 unspecified atom stereocenters. The Bertz CT molecular complexity index is 3170. The van der Waals surface area contributed by atoms with Gasteiger partial charge in [0.05, 0.1) is 11.1 Å². The Labute approximate surface area is 329 Å². The van der Waals surface area contributed by atoms with Crippen molar-refractivity contribution in [2.45, 2.75) is 0 Å². The molecule has 4 nitrogen and oxygen atoms in total. The zero-order chi connectivity index (χ0) is 37.7. The van der Waals surface area contributed by atoms with Crippen LogP contribution in [0.1, 0.15) is 0 Å². The normalized spacial score (nSPS) is 11.5. The summed E-state index contributed by atoms with van der Waals surface area (Å²) in [5, 5.41) is 4.35. The average Bonchev–Trinajstić information content (AvgIpc) is 3.88. The Hall–Kier alpha value is -7.69. The van der Waals surface area contributed by atoms with E-state index in [4.69, 9.17) is 13.8 Å². The van der Waals surface area contributed by atoms with Crippen LogP contribution in [0, 0.1) is 0 Å². The number of aromatic nitrogens is 1. The number of nitrogens with zero attached hydrogens (tertiary/aromatic N) is 2. The number of hydrogen-bond acceptors (Lipinski definition) is 4. The summed E-state index contributed by atoms with van der Waals surface area (Å²) in [4.78, 5) is 7.25. The molecule has 0 N–H and O–H groups in total. The highest BCUT2D eigenvalue weighted by molar-refractivity contribution is 6.17. The molecule has 0 amide bonds. The zero-order valence-corrected chi connectivity index (χ0v) is 30.8. The average molecular weight is 731 g/mol. The van der Waals surface area contributed by atoms with E-state index in [0.29, 0.717) is 5.89 Å². The van der Waals surface area contributed by atoms with Gasteiger partial charge in [-0.05, 0) is 105 Å². The van der Waals surface area contributed by atoms with Crippen molar-refractivity contribution in [2.24, 2.45) is 0 Å². The van der Waals surface area contributed by atoms with Crippen molar-refractivity contribution in [2.75, 3.05) is 4.90 Å². The number of para-hydroxylation sites is 2. The summed E-state index contributed by atoms with van der Waals surface area (Å²) in [6.07, 6.45) is 0. The first kappa shape index (κ1) is 32.7. The van der Waals surface area contributed by atoms with Crippen LogP contribution >= 0.6 is 0 Å². The van der Waals surface area contributed by atoms with Gasteiger partial charge in [-0.25, -0.2) is 4.98 Å². The lowest BCUT2D eigenvalue weighted by atomic mass is 9.99. The molecular weight excluding hydrogens is 697 g/mol. The second kappa shape index (κ2) is 13.6. The Morgan fingerprint density at radius 2 is 0.842 bits per heavy atom. The van der Waals surface area contributed by atoms with Crippen molar-refractivity contribution >= 4 is 60.9 Å². The Morgan fingerprint density at radius 1 is 0.351 bits per heavy atom. The molecule has 0 radical (unpaired) electrons. The number of furan rings is 1. The molecule has 2 heterocycles. The third-order valence-corrected chi connectivity index (χ3v) is 10.9. The summed E-state index contributed by atoms with van der Waals surface area (Å²) in [6.45, 7) is 0. The van der Waals surface area contributed by atoms with Crippen molar-refractivity contribution in [1.29, 1.82) is 0 Å². The molecule has 0 atom stereocenters. The maximum absolute atomic E-state index is 6.76. The predicted octanol–water partition coefficient (Wildman–Crippen LogP) is 15.0. The van der Waals surface area contributed by atoms with E-state index in [1.165, 1.54) is 16.7 Å². The van der Waals surface area contributed by atoms with Gasteiger partial charge in [-0.2, -0.15) is 0 Å². The van der Waals surface area contributed by atoms with Gasteiger partial charge in [0.25, 0.3) is 0 Å². The number of anilines is 3. The van der Waals surface area contributed by atoms with Gasteiger partial charge in [-0.1, -0.05) is 146 Å². The van der Waals surface area contributed by atoms with Crippen molar-refractivity contribution in [1.82, 2.24) is 4.98 Å². The Balaban J connectivity index is 1.11. The van der Waals surface area contributed by atoms with Crippen LogP contribution in [-0.2, 0) is 0 Å². The molecule has 0 saturated heterocycles. The van der Waals surface area contributed by atoms with Gasteiger partial charge in [-0.3, -0.25) is 0 Å². The van der Waals surface area contributed by atoms with Gasteiger partial charge in [-0.15, -0.1) is 0 Å². The molecule has 57 heavy (non-hydrogen) atoms. The second-order valence-electron chi connectivity index (χ2n) is 14.4. The van der Waals surface area contributed by atoms with E-state index in [-0.39, 0.29) is 0 Å². The first-order valence-corrected chi connectivity index (χ1v) is 19.2. The van der Waals surface area contributed by atoms with Crippen molar-refractivity contribution in [3.8, 4) is 44.8 Å². The molecule has 4 heteroatoms. The van der Waals surface area contributed by atoms with E-state index < -0.39 is 0 Å². The molecule has 0 saturated carbocycles. The van der Waals surface area contributed by atoms with Crippen LogP contribution < -0.4 is 4.90 Å². The summed E-state index contributed by atoms with van der Waals surface area (Å²) < 4.78 is 13.1. The summed E-state index contributed by atoms with van der Waals surface area (Å²) in [5.41, 5.74) is 14.0. The molecule has 11 rings (SSSR count). The summed E-state index contributed by atoms with van der Waals surface area (Å²) in [6, 6.07) is 72.4. The molecule has 0 fully saturated rings. The lowest BCUT2D eigenvalue weighted by Gasteiger charge is -2.27. The van der Waals surface area contributed by atoms with E-state index in [2.05, 4.69) is 181 Å². The molecule has 268 valence electrons. The zero-order valence-electron chi connectivity index (χ0n) is 30.8. The van der Waals surface area contributed by atoms with Crippen LogP contribution in [0.4, 0.5) is 17.1 Å². The Kier molecular flexibility index (Phi) is 7.78. The fourth-order valence-corrected chi connectivity index (χ4v) is 8.01. The third kappa shape index (κ3) is 5.92. The number of fused-ring (bicyclic) bond motifs is 5. The smallest absolute Gasteiger partial charge is 0.227 e. The quantitative estimate of drug-likeness (QED) is 0.164. The lowest BCUT2D eigenvalue weighted by Crippen LogP contribution is -2.10. The van der Waals surface area contributed by atoms with Gasteiger partial charge in [0.1, 0.15) is 16.7 Å². The molecular formula is C53H34N2O2. The SMILES string of the molecule is c1ccc(-c2ccc(-c3ccc(N(c4ccc(-c5ccccc5)cc4)c4cc(-c5nc6ccccc6o5)cc5oc6cc7ccccc7cc6c45)cc3)cc2)cc1. The molecule has 0 spiro atoms. The van der Waals surface area contributed by atoms with Crippen LogP contribution in [-0.4, -0.2) is 4.98 Å². The standard InChI is InChI=1S/C53H34N2O2/c1-3-11-35(12-4-1)37-19-21-38(22-20-37)40-25-29-45(30-26-40)55(44-27-23-39(24-28-44)36-13-5-2-6-14-36)48-32-43(53-54-47-17-9-10-18-49(47)57-53)34-51-52(48)46-31-41-15-7-8-16-42(41)33-50(46)56-51/h1-34H. The summed E-state index contributed by atoms with van der Waals surface area (Å²) >= 11 is 0. The molecule has 9 aromatic carbocycles. The van der Waals surface area contributed by atoms with E-state index in [9.17, 15) is 0 Å². The van der Waals surface area contributed by atoms with Crippen molar-refractivity contribution < 1.29 is 8.83 Å².